The quantitative estimate of drug-likeness (QED) is 0.767. The maximum atomic E-state index is 11.8. The van der Waals surface area contributed by atoms with Gasteiger partial charge in [0.25, 0.3) is 0 Å². The van der Waals surface area contributed by atoms with Crippen molar-refractivity contribution in [1.82, 2.24) is 0 Å². The number of hydrogen-bond donors (Lipinski definition) is 2. The molecule has 0 saturated carbocycles. The number of amides is 1. The summed E-state index contributed by atoms with van der Waals surface area (Å²) in [5.41, 5.74) is 5.92. The minimum Gasteiger partial charge on any atom is -0.330 e. The summed E-state index contributed by atoms with van der Waals surface area (Å²) >= 11 is 19.2. The number of nitrogens with one attached hydrogen (secondary N) is 1. The molecule has 106 valence electrons. The number of benzene rings is 1. The molecule has 0 aromatic heterocycles. The van der Waals surface area contributed by atoms with E-state index in [9.17, 15) is 4.79 Å². The van der Waals surface area contributed by atoms with Gasteiger partial charge in [-0.25, -0.2) is 0 Å². The molecule has 0 radical (unpaired) electrons. The lowest BCUT2D eigenvalue weighted by atomic mass is 10.3. The molecule has 7 heteroatoms. The molecule has 3 nitrogen and oxygen atoms in total. The number of thioether (sulfide) groups is 1. The van der Waals surface area contributed by atoms with Crippen molar-refractivity contribution in [3.63, 3.8) is 0 Å². The van der Waals surface area contributed by atoms with Crippen LogP contribution in [0.3, 0.4) is 0 Å². The third kappa shape index (κ3) is 5.79. The van der Waals surface area contributed by atoms with E-state index in [4.69, 9.17) is 40.5 Å². The van der Waals surface area contributed by atoms with Crippen LogP contribution in [0.15, 0.2) is 12.1 Å². The standard InChI is InChI=1S/C12H15Cl3N2OS/c1-7(2-3-16)19-6-12(18)17-11-5-9(14)8(13)4-10(11)15/h4-5,7H,2-3,6,16H2,1H3,(H,17,18). The van der Waals surface area contributed by atoms with Crippen molar-refractivity contribution < 1.29 is 4.79 Å². The number of hydrogen-bond acceptors (Lipinski definition) is 3. The van der Waals surface area contributed by atoms with Gasteiger partial charge in [0, 0.05) is 5.25 Å². The van der Waals surface area contributed by atoms with E-state index in [1.54, 1.807) is 11.8 Å². The van der Waals surface area contributed by atoms with Gasteiger partial charge in [-0.3, -0.25) is 4.79 Å². The first-order chi connectivity index (χ1) is 8.93. The molecule has 1 amide bonds. The molecule has 1 unspecified atom stereocenters. The molecule has 0 aliphatic heterocycles. The smallest absolute Gasteiger partial charge is 0.234 e. The molecular formula is C12H15Cl3N2OS. The van der Waals surface area contributed by atoms with E-state index in [1.807, 2.05) is 6.92 Å². The molecule has 0 bridgehead atoms. The summed E-state index contributed by atoms with van der Waals surface area (Å²) in [4.78, 5) is 11.8. The Labute approximate surface area is 132 Å². The van der Waals surface area contributed by atoms with E-state index in [1.165, 1.54) is 12.1 Å². The van der Waals surface area contributed by atoms with Gasteiger partial charge in [-0.2, -0.15) is 0 Å². The van der Waals surface area contributed by atoms with Gasteiger partial charge in [0.15, 0.2) is 0 Å². The molecule has 0 saturated heterocycles. The first kappa shape index (κ1) is 16.9. The molecular weight excluding hydrogens is 327 g/mol. The number of rotatable bonds is 6. The molecule has 0 spiro atoms. The number of halogens is 3. The Morgan fingerprint density at radius 3 is 2.58 bits per heavy atom. The van der Waals surface area contributed by atoms with Crippen molar-refractivity contribution in [1.29, 1.82) is 0 Å². The molecule has 19 heavy (non-hydrogen) atoms. The van der Waals surface area contributed by atoms with Crippen LogP contribution in [0.4, 0.5) is 5.69 Å². The summed E-state index contributed by atoms with van der Waals surface area (Å²) in [5, 5.41) is 4.13. The zero-order chi connectivity index (χ0) is 14.4. The van der Waals surface area contributed by atoms with Crippen LogP contribution < -0.4 is 11.1 Å². The Balaban J connectivity index is 2.55. The fourth-order valence-corrected chi connectivity index (χ4v) is 2.75. The number of carbonyl (C=O) groups excluding carboxylic acids is 1. The van der Waals surface area contributed by atoms with E-state index in [0.29, 0.717) is 38.3 Å². The normalized spacial score (nSPS) is 12.3. The molecule has 1 aromatic rings. The van der Waals surface area contributed by atoms with Gasteiger partial charge in [0.05, 0.1) is 26.5 Å². The van der Waals surface area contributed by atoms with E-state index in [0.717, 1.165) is 6.42 Å². The fourth-order valence-electron chi connectivity index (χ4n) is 1.34. The lowest BCUT2D eigenvalue weighted by Crippen LogP contribution is -2.17. The van der Waals surface area contributed by atoms with Crippen LogP contribution in [0.1, 0.15) is 13.3 Å². The summed E-state index contributed by atoms with van der Waals surface area (Å²) in [6, 6.07) is 3.04. The maximum absolute atomic E-state index is 11.8. The molecule has 0 aliphatic rings. The second-order valence-electron chi connectivity index (χ2n) is 3.99. The average Bonchev–Trinajstić information content (AvgIpc) is 2.34. The molecule has 0 heterocycles. The number of anilines is 1. The number of carbonyl (C=O) groups is 1. The minimum absolute atomic E-state index is 0.130. The Morgan fingerprint density at radius 1 is 1.32 bits per heavy atom. The van der Waals surface area contributed by atoms with Crippen molar-refractivity contribution in [2.75, 3.05) is 17.6 Å². The van der Waals surface area contributed by atoms with Gasteiger partial charge in [-0.15, -0.1) is 11.8 Å². The van der Waals surface area contributed by atoms with Gasteiger partial charge in [-0.1, -0.05) is 41.7 Å². The first-order valence-electron chi connectivity index (χ1n) is 5.70. The van der Waals surface area contributed by atoms with E-state index < -0.39 is 0 Å². The van der Waals surface area contributed by atoms with Gasteiger partial charge in [-0.05, 0) is 25.1 Å². The van der Waals surface area contributed by atoms with Crippen molar-refractivity contribution >= 4 is 58.2 Å². The molecule has 1 aromatic carbocycles. The van der Waals surface area contributed by atoms with Crippen LogP contribution >= 0.6 is 46.6 Å². The fraction of sp³-hybridized carbons (Fsp3) is 0.417. The Morgan fingerprint density at radius 2 is 1.95 bits per heavy atom. The van der Waals surface area contributed by atoms with E-state index >= 15 is 0 Å². The third-order valence-electron chi connectivity index (χ3n) is 2.36. The molecule has 0 fully saturated rings. The van der Waals surface area contributed by atoms with Gasteiger partial charge >= 0.3 is 0 Å². The first-order valence-corrected chi connectivity index (χ1v) is 7.88. The van der Waals surface area contributed by atoms with Crippen molar-refractivity contribution in [3.05, 3.63) is 27.2 Å². The highest BCUT2D eigenvalue weighted by molar-refractivity contribution is 8.00. The van der Waals surface area contributed by atoms with E-state index in [-0.39, 0.29) is 5.91 Å². The average molecular weight is 342 g/mol. The molecule has 1 rings (SSSR count). The summed E-state index contributed by atoms with van der Waals surface area (Å²) in [5.74, 6) is 0.215. The molecule has 1 atom stereocenters. The number of nitrogens with two attached hydrogens (primary N) is 1. The van der Waals surface area contributed by atoms with Gasteiger partial charge in [0.2, 0.25) is 5.91 Å². The lowest BCUT2D eigenvalue weighted by molar-refractivity contribution is -0.113. The Kier molecular flexibility index (Phi) is 7.32. The summed E-state index contributed by atoms with van der Waals surface area (Å²) in [6.07, 6.45) is 0.880. The highest BCUT2D eigenvalue weighted by Crippen LogP contribution is 2.32. The highest BCUT2D eigenvalue weighted by atomic mass is 35.5. The lowest BCUT2D eigenvalue weighted by Gasteiger charge is -2.11. The Hall–Kier alpha value is -0.130. The summed E-state index contributed by atoms with van der Waals surface area (Å²) in [6.45, 7) is 2.66. The highest BCUT2D eigenvalue weighted by Gasteiger charge is 2.11. The Bertz CT molecular complexity index is 457. The van der Waals surface area contributed by atoms with Crippen LogP contribution in [-0.4, -0.2) is 23.5 Å². The van der Waals surface area contributed by atoms with Gasteiger partial charge < -0.3 is 11.1 Å². The largest absolute Gasteiger partial charge is 0.330 e. The molecule has 0 aliphatic carbocycles. The predicted octanol–water partition coefficient (Wildman–Crippen LogP) is 4.06. The topological polar surface area (TPSA) is 55.1 Å². The monoisotopic (exact) mass is 340 g/mol. The second kappa shape index (κ2) is 8.22. The van der Waals surface area contributed by atoms with Crippen LogP contribution in [0.25, 0.3) is 0 Å². The van der Waals surface area contributed by atoms with Gasteiger partial charge in [0.1, 0.15) is 0 Å². The summed E-state index contributed by atoms with van der Waals surface area (Å²) < 4.78 is 0. The summed E-state index contributed by atoms with van der Waals surface area (Å²) in [7, 11) is 0. The van der Waals surface area contributed by atoms with Crippen molar-refractivity contribution in [3.8, 4) is 0 Å². The third-order valence-corrected chi connectivity index (χ3v) is 4.62. The maximum Gasteiger partial charge on any atom is 0.234 e. The van der Waals surface area contributed by atoms with Crippen molar-refractivity contribution in [2.24, 2.45) is 5.73 Å². The minimum atomic E-state index is -0.130. The zero-order valence-corrected chi connectivity index (χ0v) is 13.5. The van der Waals surface area contributed by atoms with E-state index in [2.05, 4.69) is 5.32 Å². The SMILES string of the molecule is CC(CCN)SCC(=O)Nc1cc(Cl)c(Cl)cc1Cl. The second-order valence-corrected chi connectivity index (χ2v) is 6.64. The van der Waals surface area contributed by atoms with Crippen LogP contribution in [0.2, 0.25) is 15.1 Å². The van der Waals surface area contributed by atoms with Crippen molar-refractivity contribution in [2.45, 2.75) is 18.6 Å². The van der Waals surface area contributed by atoms with Crippen LogP contribution in [0.5, 0.6) is 0 Å². The molecule has 3 N–H and O–H groups in total. The van der Waals surface area contributed by atoms with Crippen LogP contribution in [0, 0.1) is 0 Å². The predicted molar refractivity (Wildman–Crippen MR) is 85.7 cm³/mol. The zero-order valence-electron chi connectivity index (χ0n) is 10.4. The van der Waals surface area contributed by atoms with Crippen LogP contribution in [-0.2, 0) is 4.79 Å².